The van der Waals surface area contributed by atoms with Gasteiger partial charge in [-0.05, 0) is 49.4 Å². The largest absolute Gasteiger partial charge is 0.480 e. The number of hydrogen-bond donors (Lipinski definition) is 7. The Labute approximate surface area is 226 Å². The molecule has 0 spiro atoms. The molecule has 0 aliphatic carbocycles. The molecule has 3 rings (SSSR count). The fraction of sp³-hybridized carbons (Fsp3) is 0.357. The quantitative estimate of drug-likeness (QED) is 0.138. The van der Waals surface area contributed by atoms with Gasteiger partial charge in [0.25, 0.3) is 0 Å². The van der Waals surface area contributed by atoms with Gasteiger partial charge in [-0.1, -0.05) is 48.5 Å². The van der Waals surface area contributed by atoms with Crippen molar-refractivity contribution in [3.05, 3.63) is 71.9 Å². The molecule has 3 atom stereocenters. The van der Waals surface area contributed by atoms with E-state index in [9.17, 15) is 24.3 Å². The number of carboxylic acid groups (broad SMARTS) is 1. The second-order valence-electron chi connectivity index (χ2n) is 9.38. The van der Waals surface area contributed by atoms with E-state index in [0.717, 1.165) is 22.0 Å². The third-order valence-electron chi connectivity index (χ3n) is 6.37. The van der Waals surface area contributed by atoms with E-state index in [4.69, 9.17) is 11.5 Å². The molecule has 0 aliphatic rings. The van der Waals surface area contributed by atoms with E-state index >= 15 is 0 Å². The average molecular weight is 537 g/mol. The zero-order valence-corrected chi connectivity index (χ0v) is 21.7. The highest BCUT2D eigenvalue weighted by Gasteiger charge is 2.27. The van der Waals surface area contributed by atoms with Crippen molar-refractivity contribution in [2.24, 2.45) is 11.5 Å². The highest BCUT2D eigenvalue weighted by atomic mass is 16.4. The van der Waals surface area contributed by atoms with E-state index in [0.29, 0.717) is 25.8 Å². The minimum absolute atomic E-state index is 0.109. The maximum Gasteiger partial charge on any atom is 0.326 e. The highest BCUT2D eigenvalue weighted by Crippen LogP contribution is 2.19. The van der Waals surface area contributed by atoms with Crippen LogP contribution in [0, 0.1) is 0 Å². The molecule has 0 bridgehead atoms. The number of aromatic amines is 1. The maximum atomic E-state index is 13.2. The van der Waals surface area contributed by atoms with Crippen LogP contribution in [0.3, 0.4) is 0 Å². The third kappa shape index (κ3) is 8.94. The lowest BCUT2D eigenvalue weighted by molar-refractivity contribution is -0.142. The zero-order valence-electron chi connectivity index (χ0n) is 21.7. The molecule has 0 saturated carbocycles. The lowest BCUT2D eigenvalue weighted by Crippen LogP contribution is -2.54. The highest BCUT2D eigenvalue weighted by molar-refractivity contribution is 5.93. The molecule has 0 aliphatic heterocycles. The number of amides is 3. The number of carbonyl (C=O) groups is 4. The van der Waals surface area contributed by atoms with Gasteiger partial charge in [0.15, 0.2) is 0 Å². The summed E-state index contributed by atoms with van der Waals surface area (Å²) in [5.41, 5.74) is 14.0. The first-order chi connectivity index (χ1) is 18.8. The summed E-state index contributed by atoms with van der Waals surface area (Å²) >= 11 is 0. The zero-order chi connectivity index (χ0) is 28.2. The molecule has 1 aromatic heterocycles. The first-order valence-electron chi connectivity index (χ1n) is 12.9. The van der Waals surface area contributed by atoms with E-state index < -0.39 is 48.4 Å². The molecule has 11 heteroatoms. The van der Waals surface area contributed by atoms with E-state index in [1.165, 1.54) is 0 Å². The number of aliphatic carboxylic acids is 1. The number of unbranched alkanes of at least 4 members (excludes halogenated alkanes) is 1. The fourth-order valence-electron chi connectivity index (χ4n) is 4.26. The molecular weight excluding hydrogens is 500 g/mol. The topological polar surface area (TPSA) is 192 Å². The van der Waals surface area contributed by atoms with Crippen LogP contribution >= 0.6 is 0 Å². The van der Waals surface area contributed by atoms with Gasteiger partial charge < -0.3 is 37.5 Å². The van der Waals surface area contributed by atoms with Crippen LogP contribution in [0.15, 0.2) is 60.8 Å². The van der Waals surface area contributed by atoms with Crippen LogP contribution < -0.4 is 27.4 Å². The summed E-state index contributed by atoms with van der Waals surface area (Å²) in [6.07, 6.45) is 3.53. The van der Waals surface area contributed by atoms with Crippen molar-refractivity contribution in [1.29, 1.82) is 0 Å². The van der Waals surface area contributed by atoms with Gasteiger partial charge in [-0.15, -0.1) is 0 Å². The van der Waals surface area contributed by atoms with Gasteiger partial charge in [-0.2, -0.15) is 0 Å². The maximum absolute atomic E-state index is 13.2. The standard InChI is InChI=1S/C28H36N6O5/c29-13-7-6-12-23(28(38)39)34-27(37)24(15-19-16-31-22-11-5-4-10-20(19)22)33-25(35)17-32-26(36)21(30)14-18-8-2-1-3-9-18/h1-5,8-11,16,21,23-24,31H,6-7,12-15,17,29-30H2,(H,32,36)(H,33,35)(H,34,37)(H,38,39). The SMILES string of the molecule is NCCCCC(NC(=O)C(Cc1c[nH]c2ccccc12)NC(=O)CNC(=O)C(N)Cc1ccccc1)C(=O)O. The van der Waals surface area contributed by atoms with E-state index in [1.54, 1.807) is 6.20 Å². The van der Waals surface area contributed by atoms with E-state index in [2.05, 4.69) is 20.9 Å². The summed E-state index contributed by atoms with van der Waals surface area (Å²) in [5.74, 6) is -2.92. The number of benzene rings is 2. The smallest absolute Gasteiger partial charge is 0.326 e. The van der Waals surface area contributed by atoms with Crippen molar-refractivity contribution in [3.63, 3.8) is 0 Å². The Morgan fingerprint density at radius 3 is 2.31 bits per heavy atom. The molecule has 3 aromatic rings. The van der Waals surface area contributed by atoms with Crippen LogP contribution in [-0.2, 0) is 32.0 Å². The fourth-order valence-corrected chi connectivity index (χ4v) is 4.26. The van der Waals surface area contributed by atoms with E-state index in [-0.39, 0.29) is 12.8 Å². The minimum atomic E-state index is -1.17. The number of hydrogen-bond acceptors (Lipinski definition) is 6. The Balaban J connectivity index is 1.66. The molecule has 9 N–H and O–H groups in total. The van der Waals surface area contributed by atoms with Crippen molar-refractivity contribution in [3.8, 4) is 0 Å². The number of fused-ring (bicyclic) bond motifs is 1. The van der Waals surface area contributed by atoms with Gasteiger partial charge in [0.1, 0.15) is 12.1 Å². The Kier molecular flexibility index (Phi) is 11.0. The number of nitrogens with two attached hydrogens (primary N) is 2. The number of carboxylic acids is 1. The lowest BCUT2D eigenvalue weighted by atomic mass is 10.0. The Morgan fingerprint density at radius 1 is 0.872 bits per heavy atom. The Bertz CT molecular complexity index is 1260. The van der Waals surface area contributed by atoms with Crippen LogP contribution in [0.2, 0.25) is 0 Å². The number of H-pyrrole nitrogens is 1. The minimum Gasteiger partial charge on any atom is -0.480 e. The number of aromatic nitrogens is 1. The van der Waals surface area contributed by atoms with Gasteiger partial charge in [0, 0.05) is 23.5 Å². The molecule has 11 nitrogen and oxygen atoms in total. The predicted octanol–water partition coefficient (Wildman–Crippen LogP) is 0.580. The molecule has 1 heterocycles. The molecule has 39 heavy (non-hydrogen) atoms. The second-order valence-corrected chi connectivity index (χ2v) is 9.38. The summed E-state index contributed by atoms with van der Waals surface area (Å²) in [6.45, 7) is 0.0259. The summed E-state index contributed by atoms with van der Waals surface area (Å²) in [4.78, 5) is 53.3. The summed E-state index contributed by atoms with van der Waals surface area (Å²) in [5, 5.41) is 18.2. The van der Waals surface area contributed by atoms with Crippen LogP contribution in [0.25, 0.3) is 10.9 Å². The van der Waals surface area contributed by atoms with Crippen molar-refractivity contribution < 1.29 is 24.3 Å². The first-order valence-corrected chi connectivity index (χ1v) is 12.9. The molecule has 0 saturated heterocycles. The van der Waals surface area contributed by atoms with Gasteiger partial charge in [0.05, 0.1) is 12.6 Å². The first kappa shape index (κ1) is 29.3. The van der Waals surface area contributed by atoms with E-state index in [1.807, 2.05) is 54.6 Å². The molecule has 3 unspecified atom stereocenters. The van der Waals surface area contributed by atoms with Crippen LogP contribution in [0.5, 0.6) is 0 Å². The average Bonchev–Trinajstić information content (AvgIpc) is 3.34. The molecule has 0 radical (unpaired) electrons. The number of carbonyl (C=O) groups excluding carboxylic acids is 3. The number of para-hydroxylation sites is 1. The van der Waals surface area contributed by atoms with Crippen LogP contribution in [0.4, 0.5) is 0 Å². The number of rotatable bonds is 15. The van der Waals surface area contributed by atoms with Crippen molar-refractivity contribution in [2.45, 2.75) is 50.2 Å². The summed E-state index contributed by atoms with van der Waals surface area (Å²) in [6, 6.07) is 13.7. The summed E-state index contributed by atoms with van der Waals surface area (Å²) in [7, 11) is 0. The molecule has 208 valence electrons. The Hall–Kier alpha value is -4.22. The molecular formula is C28H36N6O5. The number of nitrogens with one attached hydrogen (secondary N) is 4. The molecule has 0 fully saturated rings. The normalized spacial score (nSPS) is 13.3. The van der Waals surface area contributed by atoms with Crippen LogP contribution in [-0.4, -0.2) is 65.0 Å². The monoisotopic (exact) mass is 536 g/mol. The second kappa shape index (κ2) is 14.6. The lowest BCUT2D eigenvalue weighted by Gasteiger charge is -2.22. The van der Waals surface area contributed by atoms with Crippen molar-refractivity contribution >= 4 is 34.6 Å². The molecule has 3 amide bonds. The van der Waals surface area contributed by atoms with Crippen molar-refractivity contribution in [1.82, 2.24) is 20.9 Å². The third-order valence-corrected chi connectivity index (χ3v) is 6.37. The summed E-state index contributed by atoms with van der Waals surface area (Å²) < 4.78 is 0. The van der Waals surface area contributed by atoms with Gasteiger partial charge in [-0.25, -0.2) is 4.79 Å². The van der Waals surface area contributed by atoms with Crippen LogP contribution in [0.1, 0.15) is 30.4 Å². The predicted molar refractivity (Wildman–Crippen MR) is 148 cm³/mol. The van der Waals surface area contributed by atoms with Gasteiger partial charge in [-0.3, -0.25) is 14.4 Å². The van der Waals surface area contributed by atoms with Gasteiger partial charge in [0.2, 0.25) is 17.7 Å². The molecule has 2 aromatic carbocycles. The Morgan fingerprint density at radius 2 is 1.59 bits per heavy atom. The van der Waals surface area contributed by atoms with Gasteiger partial charge >= 0.3 is 5.97 Å². The van der Waals surface area contributed by atoms with Crippen molar-refractivity contribution in [2.75, 3.05) is 13.1 Å².